The van der Waals surface area contributed by atoms with Crippen LogP contribution in [0.15, 0.2) is 0 Å². The largest absolute Gasteiger partial charge is 0.313 e. The molecule has 5 heteroatoms. The molecule has 66 valence electrons. The SMILES string of the molecule is CNS(=O)(=O)C[C@@H]1CCCN1. The van der Waals surface area contributed by atoms with Gasteiger partial charge >= 0.3 is 0 Å². The normalized spacial score (nSPS) is 25.7. The lowest BCUT2D eigenvalue weighted by Gasteiger charge is -2.08. The lowest BCUT2D eigenvalue weighted by atomic mass is 10.3. The number of hydrogen-bond acceptors (Lipinski definition) is 3. The molecule has 0 radical (unpaired) electrons. The van der Waals surface area contributed by atoms with Crippen molar-refractivity contribution in [3.05, 3.63) is 0 Å². The third kappa shape index (κ3) is 2.76. The van der Waals surface area contributed by atoms with Crippen molar-refractivity contribution in [1.29, 1.82) is 0 Å². The molecule has 11 heavy (non-hydrogen) atoms. The van der Waals surface area contributed by atoms with Crippen LogP contribution in [0.3, 0.4) is 0 Å². The second kappa shape index (κ2) is 3.51. The Bertz CT molecular complexity index is 207. The molecule has 0 aliphatic carbocycles. The van der Waals surface area contributed by atoms with Gasteiger partial charge < -0.3 is 5.32 Å². The van der Waals surface area contributed by atoms with Crippen molar-refractivity contribution in [3.8, 4) is 0 Å². The minimum absolute atomic E-state index is 0.160. The Balaban J connectivity index is 2.41. The van der Waals surface area contributed by atoms with E-state index in [2.05, 4.69) is 10.0 Å². The van der Waals surface area contributed by atoms with Crippen LogP contribution in [0.25, 0.3) is 0 Å². The lowest BCUT2D eigenvalue weighted by Crippen LogP contribution is -2.34. The zero-order chi connectivity index (χ0) is 8.32. The van der Waals surface area contributed by atoms with E-state index in [1.165, 1.54) is 7.05 Å². The lowest BCUT2D eigenvalue weighted by molar-refractivity contribution is 0.569. The van der Waals surface area contributed by atoms with Gasteiger partial charge in [-0.15, -0.1) is 0 Å². The molecule has 1 atom stereocenters. The molecule has 0 bridgehead atoms. The molecule has 2 N–H and O–H groups in total. The van der Waals surface area contributed by atoms with E-state index >= 15 is 0 Å². The van der Waals surface area contributed by atoms with Gasteiger partial charge in [0.1, 0.15) is 0 Å². The van der Waals surface area contributed by atoms with Gasteiger partial charge in [0.2, 0.25) is 10.0 Å². The van der Waals surface area contributed by atoms with Crippen molar-refractivity contribution < 1.29 is 8.42 Å². The number of sulfonamides is 1. The number of nitrogens with one attached hydrogen (secondary N) is 2. The zero-order valence-electron chi connectivity index (χ0n) is 6.63. The van der Waals surface area contributed by atoms with E-state index in [1.807, 2.05) is 0 Å². The van der Waals surface area contributed by atoms with Crippen molar-refractivity contribution in [3.63, 3.8) is 0 Å². The molecule has 0 aromatic carbocycles. The predicted molar refractivity (Wildman–Crippen MR) is 43.9 cm³/mol. The second-order valence-corrected chi connectivity index (χ2v) is 4.75. The summed E-state index contributed by atoms with van der Waals surface area (Å²) in [6, 6.07) is 0.160. The Kier molecular flexibility index (Phi) is 2.86. The fourth-order valence-electron chi connectivity index (χ4n) is 1.25. The molecule has 4 nitrogen and oxygen atoms in total. The van der Waals surface area contributed by atoms with Crippen LogP contribution in [0.1, 0.15) is 12.8 Å². The molecule has 0 amide bonds. The summed E-state index contributed by atoms with van der Waals surface area (Å²) in [6.07, 6.45) is 2.06. The van der Waals surface area contributed by atoms with E-state index < -0.39 is 10.0 Å². The van der Waals surface area contributed by atoms with Crippen LogP contribution in [0.2, 0.25) is 0 Å². The molecule has 0 unspecified atom stereocenters. The molecule has 0 spiro atoms. The topological polar surface area (TPSA) is 58.2 Å². The van der Waals surface area contributed by atoms with Crippen LogP contribution in [-0.4, -0.2) is 33.8 Å². The molecule has 1 heterocycles. The van der Waals surface area contributed by atoms with Crippen molar-refractivity contribution in [1.82, 2.24) is 10.0 Å². The van der Waals surface area contributed by atoms with Gasteiger partial charge in [-0.25, -0.2) is 13.1 Å². The van der Waals surface area contributed by atoms with Gasteiger partial charge in [-0.1, -0.05) is 0 Å². The minimum atomic E-state index is -3.02. The first-order valence-corrected chi connectivity index (χ1v) is 5.44. The van der Waals surface area contributed by atoms with E-state index in [0.717, 1.165) is 19.4 Å². The molecular weight excluding hydrogens is 164 g/mol. The first kappa shape index (κ1) is 8.96. The Morgan fingerprint density at radius 2 is 2.36 bits per heavy atom. The van der Waals surface area contributed by atoms with Crippen LogP contribution in [0.5, 0.6) is 0 Å². The molecule has 1 aliphatic rings. The highest BCUT2D eigenvalue weighted by molar-refractivity contribution is 7.89. The number of rotatable bonds is 3. The third-order valence-electron chi connectivity index (χ3n) is 1.89. The van der Waals surface area contributed by atoms with Gasteiger partial charge in [0, 0.05) is 6.04 Å². The summed E-state index contributed by atoms with van der Waals surface area (Å²) in [5.74, 6) is 0.212. The predicted octanol–water partition coefficient (Wildman–Crippen LogP) is -0.712. The van der Waals surface area contributed by atoms with Gasteiger partial charge in [-0.2, -0.15) is 0 Å². The van der Waals surface area contributed by atoms with E-state index in [4.69, 9.17) is 0 Å². The summed E-state index contributed by atoms with van der Waals surface area (Å²) in [5.41, 5.74) is 0. The first-order valence-electron chi connectivity index (χ1n) is 3.78. The Labute approximate surface area is 67.4 Å². The molecule has 1 fully saturated rings. The molecule has 0 saturated carbocycles. The maximum absolute atomic E-state index is 11.0. The Morgan fingerprint density at radius 3 is 2.82 bits per heavy atom. The summed E-state index contributed by atoms with van der Waals surface area (Å²) in [6.45, 7) is 0.948. The molecule has 0 aromatic rings. The summed E-state index contributed by atoms with van der Waals surface area (Å²) in [7, 11) is -1.57. The van der Waals surface area contributed by atoms with Crippen LogP contribution < -0.4 is 10.0 Å². The molecule has 1 saturated heterocycles. The highest BCUT2D eigenvalue weighted by Gasteiger charge is 2.20. The highest BCUT2D eigenvalue weighted by atomic mass is 32.2. The average molecular weight is 178 g/mol. The minimum Gasteiger partial charge on any atom is -0.313 e. The maximum Gasteiger partial charge on any atom is 0.212 e. The third-order valence-corrected chi connectivity index (χ3v) is 3.36. The summed E-state index contributed by atoms with van der Waals surface area (Å²) >= 11 is 0. The van der Waals surface area contributed by atoms with Gasteiger partial charge in [-0.05, 0) is 26.4 Å². The van der Waals surface area contributed by atoms with Crippen molar-refractivity contribution in [2.75, 3.05) is 19.3 Å². The maximum atomic E-state index is 11.0. The van der Waals surface area contributed by atoms with Gasteiger partial charge in [0.15, 0.2) is 0 Å². The summed E-state index contributed by atoms with van der Waals surface area (Å²) in [5, 5.41) is 3.13. The van der Waals surface area contributed by atoms with Gasteiger partial charge in [0.25, 0.3) is 0 Å². The first-order chi connectivity index (χ1) is 5.14. The van der Waals surface area contributed by atoms with E-state index in [0.29, 0.717) is 0 Å². The van der Waals surface area contributed by atoms with E-state index in [1.54, 1.807) is 0 Å². The monoisotopic (exact) mass is 178 g/mol. The molecular formula is C6H14N2O2S. The van der Waals surface area contributed by atoms with Gasteiger partial charge in [-0.3, -0.25) is 0 Å². The molecule has 0 aromatic heterocycles. The zero-order valence-corrected chi connectivity index (χ0v) is 7.45. The molecule has 1 rings (SSSR count). The fraction of sp³-hybridized carbons (Fsp3) is 1.00. The summed E-state index contributed by atoms with van der Waals surface area (Å²) in [4.78, 5) is 0. The summed E-state index contributed by atoms with van der Waals surface area (Å²) < 4.78 is 24.3. The van der Waals surface area contributed by atoms with Crippen molar-refractivity contribution in [2.24, 2.45) is 0 Å². The van der Waals surface area contributed by atoms with Crippen LogP contribution in [-0.2, 0) is 10.0 Å². The van der Waals surface area contributed by atoms with Crippen molar-refractivity contribution in [2.45, 2.75) is 18.9 Å². The van der Waals surface area contributed by atoms with Crippen LogP contribution in [0, 0.1) is 0 Å². The number of hydrogen-bond donors (Lipinski definition) is 2. The quantitative estimate of drug-likeness (QED) is 0.600. The Hall–Kier alpha value is -0.130. The molecule has 1 aliphatic heterocycles. The van der Waals surface area contributed by atoms with E-state index in [-0.39, 0.29) is 11.8 Å². The highest BCUT2D eigenvalue weighted by Crippen LogP contribution is 2.06. The van der Waals surface area contributed by atoms with Crippen LogP contribution in [0.4, 0.5) is 0 Å². The standard InChI is InChI=1S/C6H14N2O2S/c1-7-11(9,10)5-6-3-2-4-8-6/h6-8H,2-5H2,1H3/t6-/m0/s1. The second-order valence-electron chi connectivity index (χ2n) is 2.78. The van der Waals surface area contributed by atoms with E-state index in [9.17, 15) is 8.42 Å². The van der Waals surface area contributed by atoms with Gasteiger partial charge in [0.05, 0.1) is 5.75 Å². The van der Waals surface area contributed by atoms with Crippen molar-refractivity contribution >= 4 is 10.0 Å². The Morgan fingerprint density at radius 1 is 1.64 bits per heavy atom. The van der Waals surface area contributed by atoms with Crippen LogP contribution >= 0.6 is 0 Å². The fourth-order valence-corrected chi connectivity index (χ4v) is 2.23. The smallest absolute Gasteiger partial charge is 0.212 e. The average Bonchev–Trinajstić information content (AvgIpc) is 2.39.